The third-order valence-electron chi connectivity index (χ3n) is 2.37. The molecule has 0 heterocycles. The Bertz CT molecular complexity index is 429. The maximum atomic E-state index is 10.6. The fraction of sp³-hybridized carbons (Fsp3) is 0.333. The molecule has 5 N–H and O–H groups in total. The summed E-state index contributed by atoms with van der Waals surface area (Å²) in [5.41, 5.74) is 11.8. The van der Waals surface area contributed by atoms with Crippen molar-refractivity contribution in [3.05, 3.63) is 29.8 Å². The Kier molecular flexibility index (Phi) is 5.13. The van der Waals surface area contributed by atoms with E-state index in [1.54, 1.807) is 31.3 Å². The van der Waals surface area contributed by atoms with Gasteiger partial charge in [0.1, 0.15) is 24.2 Å². The van der Waals surface area contributed by atoms with Crippen LogP contribution < -0.4 is 16.2 Å². The highest BCUT2D eigenvalue weighted by Crippen LogP contribution is 2.13. The van der Waals surface area contributed by atoms with Gasteiger partial charge in [0.2, 0.25) is 0 Å². The lowest BCUT2D eigenvalue weighted by Gasteiger charge is -2.08. The fourth-order valence-corrected chi connectivity index (χ4v) is 1.28. The first-order valence-corrected chi connectivity index (χ1v) is 5.44. The number of ether oxygens (including phenoxy) is 1. The van der Waals surface area contributed by atoms with Crippen molar-refractivity contribution in [2.75, 3.05) is 13.7 Å². The van der Waals surface area contributed by atoms with Crippen LogP contribution in [0.4, 0.5) is 0 Å². The van der Waals surface area contributed by atoms with Gasteiger partial charge in [0.25, 0.3) is 0 Å². The highest BCUT2D eigenvalue weighted by atomic mass is 16.5. The van der Waals surface area contributed by atoms with Crippen LogP contribution >= 0.6 is 0 Å². The summed E-state index contributed by atoms with van der Waals surface area (Å²) in [6.07, 6.45) is 0.286. The van der Waals surface area contributed by atoms with Gasteiger partial charge in [-0.2, -0.15) is 0 Å². The SMILES string of the molecule is CN=C(N)COc1ccc(CC(N)C(=O)O)cc1. The van der Waals surface area contributed by atoms with Gasteiger partial charge in [-0.05, 0) is 24.1 Å². The van der Waals surface area contributed by atoms with Gasteiger partial charge in [0, 0.05) is 7.05 Å². The number of carbonyl (C=O) groups is 1. The molecule has 0 aliphatic carbocycles. The van der Waals surface area contributed by atoms with Crippen LogP contribution in [-0.2, 0) is 11.2 Å². The lowest BCUT2D eigenvalue weighted by atomic mass is 10.1. The predicted octanol–water partition coefficient (Wildman–Crippen LogP) is 0.00680. The molecule has 0 fully saturated rings. The van der Waals surface area contributed by atoms with E-state index in [9.17, 15) is 4.79 Å². The van der Waals surface area contributed by atoms with Crippen LogP contribution in [0, 0.1) is 0 Å². The Morgan fingerprint density at radius 3 is 2.56 bits per heavy atom. The zero-order valence-corrected chi connectivity index (χ0v) is 10.2. The normalized spacial score (nSPS) is 13.1. The van der Waals surface area contributed by atoms with E-state index in [4.69, 9.17) is 21.3 Å². The van der Waals surface area contributed by atoms with Crippen LogP contribution in [0.25, 0.3) is 0 Å². The number of aliphatic carboxylic acids is 1. The topological polar surface area (TPSA) is 111 Å². The van der Waals surface area contributed by atoms with Crippen LogP contribution in [0.2, 0.25) is 0 Å². The number of hydrogen-bond donors (Lipinski definition) is 3. The minimum atomic E-state index is -1.01. The Morgan fingerprint density at radius 2 is 2.06 bits per heavy atom. The highest BCUT2D eigenvalue weighted by molar-refractivity contribution is 5.81. The summed E-state index contributed by atoms with van der Waals surface area (Å²) in [6, 6.07) is 6.15. The first-order chi connectivity index (χ1) is 8.52. The molecular formula is C12H17N3O3. The van der Waals surface area contributed by atoms with Gasteiger partial charge in [-0.25, -0.2) is 0 Å². The number of benzene rings is 1. The molecule has 0 spiro atoms. The molecule has 98 valence electrons. The van der Waals surface area contributed by atoms with Gasteiger partial charge in [-0.1, -0.05) is 12.1 Å². The van der Waals surface area contributed by atoms with Crippen molar-refractivity contribution < 1.29 is 14.6 Å². The number of hydrogen-bond acceptors (Lipinski definition) is 4. The molecule has 0 bridgehead atoms. The molecule has 1 atom stereocenters. The van der Waals surface area contributed by atoms with E-state index in [0.29, 0.717) is 11.6 Å². The molecule has 0 saturated carbocycles. The monoisotopic (exact) mass is 251 g/mol. The second kappa shape index (κ2) is 6.61. The van der Waals surface area contributed by atoms with Crippen molar-refractivity contribution in [2.45, 2.75) is 12.5 Å². The summed E-state index contributed by atoms with van der Waals surface area (Å²) in [5, 5.41) is 8.69. The Morgan fingerprint density at radius 1 is 1.44 bits per heavy atom. The number of amidine groups is 1. The molecule has 0 saturated heterocycles. The zero-order chi connectivity index (χ0) is 13.5. The third kappa shape index (κ3) is 4.42. The molecule has 0 aromatic heterocycles. The van der Waals surface area contributed by atoms with E-state index in [0.717, 1.165) is 5.56 Å². The van der Waals surface area contributed by atoms with E-state index in [-0.39, 0.29) is 13.0 Å². The molecule has 0 amide bonds. The lowest BCUT2D eigenvalue weighted by molar-refractivity contribution is -0.138. The van der Waals surface area contributed by atoms with E-state index in [2.05, 4.69) is 4.99 Å². The average molecular weight is 251 g/mol. The number of carboxylic acids is 1. The second-order valence-electron chi connectivity index (χ2n) is 3.80. The van der Waals surface area contributed by atoms with Gasteiger partial charge in [0.05, 0.1) is 0 Å². The number of carboxylic acid groups (broad SMARTS) is 1. The molecule has 1 rings (SSSR count). The molecule has 0 radical (unpaired) electrons. The van der Waals surface area contributed by atoms with Crippen molar-refractivity contribution in [1.82, 2.24) is 0 Å². The van der Waals surface area contributed by atoms with E-state index >= 15 is 0 Å². The van der Waals surface area contributed by atoms with Crippen molar-refractivity contribution in [1.29, 1.82) is 0 Å². The van der Waals surface area contributed by atoms with Crippen LogP contribution in [0.5, 0.6) is 5.75 Å². The van der Waals surface area contributed by atoms with Gasteiger partial charge in [0.15, 0.2) is 0 Å². The quantitative estimate of drug-likeness (QED) is 0.487. The molecule has 1 aromatic carbocycles. The second-order valence-corrected chi connectivity index (χ2v) is 3.80. The molecule has 18 heavy (non-hydrogen) atoms. The van der Waals surface area contributed by atoms with Crippen molar-refractivity contribution in [3.63, 3.8) is 0 Å². The molecular weight excluding hydrogens is 234 g/mol. The predicted molar refractivity (Wildman–Crippen MR) is 68.8 cm³/mol. The molecule has 0 aliphatic rings. The minimum Gasteiger partial charge on any atom is -0.486 e. The van der Waals surface area contributed by atoms with Crippen molar-refractivity contribution >= 4 is 11.8 Å². The van der Waals surface area contributed by atoms with Crippen LogP contribution in [-0.4, -0.2) is 36.6 Å². The molecule has 6 heteroatoms. The van der Waals surface area contributed by atoms with Gasteiger partial charge >= 0.3 is 5.97 Å². The summed E-state index contributed by atoms with van der Waals surface area (Å²) in [4.78, 5) is 14.4. The largest absolute Gasteiger partial charge is 0.486 e. The number of nitrogens with zero attached hydrogens (tertiary/aromatic N) is 1. The highest BCUT2D eigenvalue weighted by Gasteiger charge is 2.11. The summed E-state index contributed by atoms with van der Waals surface area (Å²) < 4.78 is 5.36. The molecule has 6 nitrogen and oxygen atoms in total. The number of aliphatic imine (C=N–C) groups is 1. The van der Waals surface area contributed by atoms with Gasteiger partial charge in [-0.3, -0.25) is 9.79 Å². The molecule has 1 unspecified atom stereocenters. The molecule has 0 aliphatic heterocycles. The van der Waals surface area contributed by atoms with Crippen molar-refractivity contribution in [3.8, 4) is 5.75 Å². The summed E-state index contributed by atoms with van der Waals surface area (Å²) in [7, 11) is 1.59. The lowest BCUT2D eigenvalue weighted by Crippen LogP contribution is -2.32. The van der Waals surface area contributed by atoms with E-state index in [1.165, 1.54) is 0 Å². The zero-order valence-electron chi connectivity index (χ0n) is 10.2. The van der Waals surface area contributed by atoms with Gasteiger partial charge < -0.3 is 21.3 Å². The summed E-state index contributed by atoms with van der Waals surface area (Å²) in [6.45, 7) is 0.227. The average Bonchev–Trinajstić information content (AvgIpc) is 2.37. The van der Waals surface area contributed by atoms with Gasteiger partial charge in [-0.15, -0.1) is 0 Å². The van der Waals surface area contributed by atoms with Crippen LogP contribution in [0.15, 0.2) is 29.3 Å². The third-order valence-corrected chi connectivity index (χ3v) is 2.37. The standard InChI is InChI=1S/C12H17N3O3/c1-15-11(14)7-18-9-4-2-8(3-5-9)6-10(13)12(16)17/h2-5,10H,6-7,13H2,1H3,(H2,14,15)(H,16,17). The maximum absolute atomic E-state index is 10.6. The first kappa shape index (κ1) is 14.0. The van der Waals surface area contributed by atoms with E-state index < -0.39 is 12.0 Å². The number of nitrogens with two attached hydrogens (primary N) is 2. The van der Waals surface area contributed by atoms with Crippen LogP contribution in [0.1, 0.15) is 5.56 Å². The maximum Gasteiger partial charge on any atom is 0.320 e. The Hall–Kier alpha value is -2.08. The van der Waals surface area contributed by atoms with E-state index in [1.807, 2.05) is 0 Å². The Labute approximate surface area is 105 Å². The van der Waals surface area contributed by atoms with Crippen LogP contribution in [0.3, 0.4) is 0 Å². The smallest absolute Gasteiger partial charge is 0.320 e. The Balaban J connectivity index is 2.55. The summed E-state index contributed by atoms with van der Waals surface area (Å²) >= 11 is 0. The first-order valence-electron chi connectivity index (χ1n) is 5.44. The molecule has 1 aromatic rings. The fourth-order valence-electron chi connectivity index (χ4n) is 1.28. The minimum absolute atomic E-state index is 0.227. The summed E-state index contributed by atoms with van der Waals surface area (Å²) in [5.74, 6) is 0.0449. The number of rotatable bonds is 6. The van der Waals surface area contributed by atoms with Crippen molar-refractivity contribution in [2.24, 2.45) is 16.5 Å².